The molecule has 5 heteroatoms. The highest BCUT2D eigenvalue weighted by atomic mass is 35.5. The smallest absolute Gasteiger partial charge is 0.153 e. The van der Waals surface area contributed by atoms with Crippen molar-refractivity contribution in [3.8, 4) is 16.9 Å². The van der Waals surface area contributed by atoms with Crippen LogP contribution in [0.1, 0.15) is 0 Å². The highest BCUT2D eigenvalue weighted by Crippen LogP contribution is 2.33. The molecule has 2 aromatic carbocycles. The maximum Gasteiger partial charge on any atom is 0.153 e. The van der Waals surface area contributed by atoms with Gasteiger partial charge in [0.1, 0.15) is 5.75 Å². The molecule has 90 valence electrons. The normalized spacial score (nSPS) is 10.9. The number of hydrogen-bond acceptors (Lipinski definition) is 3. The third kappa shape index (κ3) is 1.67. The van der Waals surface area contributed by atoms with Gasteiger partial charge in [-0.1, -0.05) is 23.7 Å². The number of halogens is 1. The lowest BCUT2D eigenvalue weighted by Gasteiger charge is -2.05. The number of aromatic amines is 1. The van der Waals surface area contributed by atoms with E-state index in [1.54, 1.807) is 30.3 Å². The first kappa shape index (κ1) is 10.9. The average Bonchev–Trinajstić information content (AvgIpc) is 2.71. The summed E-state index contributed by atoms with van der Waals surface area (Å²) >= 11 is 6.24. The molecule has 0 aliphatic rings. The zero-order valence-corrected chi connectivity index (χ0v) is 10.1. The first-order valence-corrected chi connectivity index (χ1v) is 5.75. The fourth-order valence-electron chi connectivity index (χ4n) is 1.92. The molecule has 0 unspecified atom stereocenters. The SMILES string of the molecule is Nc1n[nH]c2cc(Cl)c(-c3ccc(O)cc3)cc12. The highest BCUT2D eigenvalue weighted by molar-refractivity contribution is 6.34. The van der Waals surface area contributed by atoms with Crippen molar-refractivity contribution in [2.24, 2.45) is 0 Å². The summed E-state index contributed by atoms with van der Waals surface area (Å²) in [5.74, 6) is 0.667. The molecule has 18 heavy (non-hydrogen) atoms. The number of fused-ring (bicyclic) bond motifs is 1. The molecule has 4 N–H and O–H groups in total. The molecule has 1 heterocycles. The van der Waals surface area contributed by atoms with Crippen molar-refractivity contribution >= 4 is 28.3 Å². The van der Waals surface area contributed by atoms with Crippen LogP contribution in [-0.4, -0.2) is 15.3 Å². The number of phenolic OH excluding ortho intramolecular Hbond substituents is 1. The zero-order valence-electron chi connectivity index (χ0n) is 9.31. The molecule has 0 fully saturated rings. The summed E-state index contributed by atoms with van der Waals surface area (Å²) in [6.45, 7) is 0. The lowest BCUT2D eigenvalue weighted by molar-refractivity contribution is 0.475. The van der Waals surface area contributed by atoms with Crippen LogP contribution in [0.2, 0.25) is 5.02 Å². The van der Waals surface area contributed by atoms with E-state index in [0.717, 1.165) is 22.0 Å². The zero-order chi connectivity index (χ0) is 12.7. The first-order chi connectivity index (χ1) is 8.65. The third-order valence-electron chi connectivity index (χ3n) is 2.86. The molecule has 3 aromatic rings. The van der Waals surface area contributed by atoms with Gasteiger partial charge in [-0.05, 0) is 29.8 Å². The number of phenols is 1. The molecular formula is C13H10ClN3O. The van der Waals surface area contributed by atoms with Crippen LogP contribution in [0.4, 0.5) is 5.82 Å². The Morgan fingerprint density at radius 2 is 1.89 bits per heavy atom. The van der Waals surface area contributed by atoms with Crippen molar-refractivity contribution in [1.29, 1.82) is 0 Å². The Bertz CT molecular complexity index is 719. The lowest BCUT2D eigenvalue weighted by atomic mass is 10.0. The van der Waals surface area contributed by atoms with Gasteiger partial charge in [-0.25, -0.2) is 0 Å². The van der Waals surface area contributed by atoms with Crippen LogP contribution in [0, 0.1) is 0 Å². The van der Waals surface area contributed by atoms with Gasteiger partial charge in [0.2, 0.25) is 0 Å². The third-order valence-corrected chi connectivity index (χ3v) is 3.17. The quantitative estimate of drug-likeness (QED) is 0.628. The Hall–Kier alpha value is -2.20. The summed E-state index contributed by atoms with van der Waals surface area (Å²) in [6.07, 6.45) is 0. The molecule has 0 bridgehead atoms. The van der Waals surface area contributed by atoms with Gasteiger partial charge in [0.15, 0.2) is 5.82 Å². The van der Waals surface area contributed by atoms with Crippen molar-refractivity contribution in [3.63, 3.8) is 0 Å². The first-order valence-electron chi connectivity index (χ1n) is 5.37. The van der Waals surface area contributed by atoms with Gasteiger partial charge in [-0.3, -0.25) is 5.10 Å². The number of nitrogen functional groups attached to an aromatic ring is 1. The molecule has 3 rings (SSSR count). The van der Waals surface area contributed by atoms with E-state index in [4.69, 9.17) is 17.3 Å². The number of nitrogens with two attached hydrogens (primary N) is 1. The molecule has 0 saturated carbocycles. The minimum absolute atomic E-state index is 0.221. The van der Waals surface area contributed by atoms with E-state index in [1.165, 1.54) is 0 Å². The summed E-state index contributed by atoms with van der Waals surface area (Å²) in [5.41, 5.74) is 8.35. The molecule has 0 spiro atoms. The number of anilines is 1. The second kappa shape index (κ2) is 3.92. The molecule has 1 aromatic heterocycles. The Morgan fingerprint density at radius 3 is 2.61 bits per heavy atom. The Labute approximate surface area is 108 Å². The van der Waals surface area contributed by atoms with Crippen LogP contribution in [0.25, 0.3) is 22.0 Å². The molecule has 0 aliphatic carbocycles. The van der Waals surface area contributed by atoms with Crippen LogP contribution in [0.15, 0.2) is 36.4 Å². The second-order valence-electron chi connectivity index (χ2n) is 4.03. The van der Waals surface area contributed by atoms with Crippen LogP contribution < -0.4 is 5.73 Å². The van der Waals surface area contributed by atoms with E-state index in [-0.39, 0.29) is 5.75 Å². The molecule has 0 atom stereocenters. The number of nitrogens with one attached hydrogen (secondary N) is 1. The van der Waals surface area contributed by atoms with E-state index in [9.17, 15) is 5.11 Å². The maximum atomic E-state index is 9.29. The Kier molecular flexibility index (Phi) is 2.38. The summed E-state index contributed by atoms with van der Waals surface area (Å²) in [4.78, 5) is 0. The van der Waals surface area contributed by atoms with Crippen LogP contribution >= 0.6 is 11.6 Å². The molecule has 0 amide bonds. The number of H-pyrrole nitrogens is 1. The molecule has 0 radical (unpaired) electrons. The summed E-state index contributed by atoms with van der Waals surface area (Å²) in [6, 6.07) is 10.5. The van der Waals surface area contributed by atoms with E-state index in [2.05, 4.69) is 10.2 Å². The fraction of sp³-hybridized carbons (Fsp3) is 0. The van der Waals surface area contributed by atoms with Gasteiger partial charge in [-0.2, -0.15) is 5.10 Å². The number of benzene rings is 2. The molecular weight excluding hydrogens is 250 g/mol. The minimum atomic E-state index is 0.221. The standard InChI is InChI=1S/C13H10ClN3O/c14-11-6-12-10(13(15)17-16-12)5-9(11)7-1-3-8(18)4-2-7/h1-6,18H,(H3,15,16,17). The van der Waals surface area contributed by atoms with Crippen molar-refractivity contribution in [2.45, 2.75) is 0 Å². The van der Waals surface area contributed by atoms with Gasteiger partial charge < -0.3 is 10.8 Å². The number of nitrogens with zero attached hydrogens (tertiary/aromatic N) is 1. The van der Waals surface area contributed by atoms with Gasteiger partial charge >= 0.3 is 0 Å². The van der Waals surface area contributed by atoms with E-state index < -0.39 is 0 Å². The summed E-state index contributed by atoms with van der Waals surface area (Å²) in [5, 5.41) is 17.5. The highest BCUT2D eigenvalue weighted by Gasteiger charge is 2.09. The number of rotatable bonds is 1. The van der Waals surface area contributed by atoms with Crippen LogP contribution in [0.5, 0.6) is 5.75 Å². The van der Waals surface area contributed by atoms with Gasteiger partial charge in [0.05, 0.1) is 10.5 Å². The fourth-order valence-corrected chi connectivity index (χ4v) is 2.19. The van der Waals surface area contributed by atoms with Gasteiger partial charge in [-0.15, -0.1) is 0 Å². The van der Waals surface area contributed by atoms with Gasteiger partial charge in [0.25, 0.3) is 0 Å². The summed E-state index contributed by atoms with van der Waals surface area (Å²) in [7, 11) is 0. The summed E-state index contributed by atoms with van der Waals surface area (Å²) < 4.78 is 0. The van der Waals surface area contributed by atoms with Crippen molar-refractivity contribution in [3.05, 3.63) is 41.4 Å². The number of hydrogen-bond donors (Lipinski definition) is 3. The molecule has 4 nitrogen and oxygen atoms in total. The predicted octanol–water partition coefficient (Wildman–Crippen LogP) is 3.17. The van der Waals surface area contributed by atoms with Crippen molar-refractivity contribution in [1.82, 2.24) is 10.2 Å². The average molecular weight is 260 g/mol. The molecule has 0 saturated heterocycles. The predicted molar refractivity (Wildman–Crippen MR) is 72.6 cm³/mol. The second-order valence-corrected chi connectivity index (χ2v) is 4.44. The number of aromatic hydroxyl groups is 1. The molecule has 0 aliphatic heterocycles. The van der Waals surface area contributed by atoms with E-state index in [1.807, 2.05) is 6.07 Å². The van der Waals surface area contributed by atoms with Gasteiger partial charge in [0, 0.05) is 10.9 Å². The topological polar surface area (TPSA) is 74.9 Å². The minimum Gasteiger partial charge on any atom is -0.508 e. The largest absolute Gasteiger partial charge is 0.508 e. The van der Waals surface area contributed by atoms with Crippen LogP contribution in [0.3, 0.4) is 0 Å². The van der Waals surface area contributed by atoms with Crippen LogP contribution in [-0.2, 0) is 0 Å². The lowest BCUT2D eigenvalue weighted by Crippen LogP contribution is -1.85. The van der Waals surface area contributed by atoms with E-state index in [0.29, 0.717) is 10.8 Å². The number of aromatic nitrogens is 2. The Morgan fingerprint density at radius 1 is 1.17 bits per heavy atom. The maximum absolute atomic E-state index is 9.29. The van der Waals surface area contributed by atoms with E-state index >= 15 is 0 Å². The monoisotopic (exact) mass is 259 g/mol. The van der Waals surface area contributed by atoms with Crippen molar-refractivity contribution in [2.75, 3.05) is 5.73 Å². The van der Waals surface area contributed by atoms with Crippen molar-refractivity contribution < 1.29 is 5.11 Å². The Balaban J connectivity index is 2.24.